The van der Waals surface area contributed by atoms with Gasteiger partial charge in [-0.25, -0.2) is 0 Å². The van der Waals surface area contributed by atoms with Gasteiger partial charge in [0.2, 0.25) is 0 Å². The Morgan fingerprint density at radius 2 is 1.89 bits per heavy atom. The van der Waals surface area contributed by atoms with Crippen LogP contribution in [0.5, 0.6) is 5.75 Å². The third-order valence-corrected chi connectivity index (χ3v) is 2.69. The lowest BCUT2D eigenvalue weighted by Crippen LogP contribution is -2.13. The van der Waals surface area contributed by atoms with Crippen LogP contribution in [0.15, 0.2) is 24.3 Å². The molecule has 0 bridgehead atoms. The molecule has 100 valence electrons. The first-order valence-electron chi connectivity index (χ1n) is 6.17. The molecule has 18 heavy (non-hydrogen) atoms. The molecule has 0 spiro atoms. The summed E-state index contributed by atoms with van der Waals surface area (Å²) < 4.78 is 10.2. The lowest BCUT2D eigenvalue weighted by Gasteiger charge is -2.09. The van der Waals surface area contributed by atoms with E-state index in [1.807, 2.05) is 31.2 Å². The van der Waals surface area contributed by atoms with Crippen molar-refractivity contribution in [2.75, 3.05) is 13.2 Å². The number of hydrogen-bond donors (Lipinski definition) is 0. The molecule has 0 aliphatic heterocycles. The van der Waals surface area contributed by atoms with Crippen LogP contribution in [-0.4, -0.2) is 24.6 Å². The van der Waals surface area contributed by atoms with E-state index in [1.54, 1.807) is 6.92 Å². The maximum Gasteiger partial charge on any atom is 0.307 e. The van der Waals surface area contributed by atoms with Crippen molar-refractivity contribution in [3.05, 3.63) is 29.8 Å². The molecular formula is C14H19ClO3. The molecule has 1 atom stereocenters. The van der Waals surface area contributed by atoms with Crippen LogP contribution in [0.4, 0.5) is 0 Å². The highest BCUT2D eigenvalue weighted by Gasteiger charge is 2.12. The molecule has 0 heterocycles. The Bertz CT molecular complexity index is 362. The average molecular weight is 271 g/mol. The predicted octanol–water partition coefficient (Wildman–Crippen LogP) is 3.19. The molecule has 0 saturated carbocycles. The van der Waals surface area contributed by atoms with Gasteiger partial charge >= 0.3 is 5.97 Å². The van der Waals surface area contributed by atoms with E-state index < -0.39 is 0 Å². The van der Waals surface area contributed by atoms with Crippen LogP contribution < -0.4 is 4.74 Å². The smallest absolute Gasteiger partial charge is 0.307 e. The van der Waals surface area contributed by atoms with Gasteiger partial charge in [-0.15, -0.1) is 11.6 Å². The van der Waals surface area contributed by atoms with Gasteiger partial charge < -0.3 is 9.47 Å². The Kier molecular flexibility index (Phi) is 6.58. The minimum absolute atomic E-state index is 0.234. The third-order valence-electron chi connectivity index (χ3n) is 2.39. The number of ether oxygens (including phenoxy) is 2. The standard InChI is InChI=1S/C14H19ClO3/c1-3-17-13-7-5-11(6-8-13)9-12(15)10-14(16)18-4-2/h5-8,12H,3-4,9-10H2,1-2H3. The summed E-state index contributed by atoms with van der Waals surface area (Å²) in [5, 5.41) is -0.234. The van der Waals surface area contributed by atoms with Crippen molar-refractivity contribution in [1.82, 2.24) is 0 Å². The fourth-order valence-corrected chi connectivity index (χ4v) is 1.92. The highest BCUT2D eigenvalue weighted by Crippen LogP contribution is 2.16. The summed E-state index contributed by atoms with van der Waals surface area (Å²) in [7, 11) is 0. The molecule has 1 rings (SSSR count). The fourth-order valence-electron chi connectivity index (χ4n) is 1.62. The summed E-state index contributed by atoms with van der Waals surface area (Å²) in [5.41, 5.74) is 1.09. The lowest BCUT2D eigenvalue weighted by atomic mass is 10.1. The van der Waals surface area contributed by atoms with Crippen LogP contribution in [0.2, 0.25) is 0 Å². The Balaban J connectivity index is 2.43. The molecule has 1 aromatic carbocycles. The van der Waals surface area contributed by atoms with Crippen LogP contribution in [-0.2, 0) is 16.0 Å². The normalized spacial score (nSPS) is 11.9. The molecule has 1 unspecified atom stereocenters. The molecule has 3 nitrogen and oxygen atoms in total. The van der Waals surface area contributed by atoms with Crippen LogP contribution >= 0.6 is 11.6 Å². The number of hydrogen-bond acceptors (Lipinski definition) is 3. The van der Waals surface area contributed by atoms with Gasteiger partial charge in [-0.2, -0.15) is 0 Å². The van der Waals surface area contributed by atoms with Gasteiger partial charge in [0, 0.05) is 5.38 Å². The zero-order valence-electron chi connectivity index (χ0n) is 10.8. The number of rotatable bonds is 7. The third kappa shape index (κ3) is 5.41. The Morgan fingerprint density at radius 3 is 2.44 bits per heavy atom. The number of carbonyl (C=O) groups excluding carboxylic acids is 1. The van der Waals surface area contributed by atoms with Gasteiger partial charge in [-0.3, -0.25) is 4.79 Å². The second-order valence-corrected chi connectivity index (χ2v) is 4.50. The highest BCUT2D eigenvalue weighted by molar-refractivity contribution is 6.21. The molecule has 0 saturated heterocycles. The fraction of sp³-hybridized carbons (Fsp3) is 0.500. The maximum atomic E-state index is 11.3. The predicted molar refractivity (Wildman–Crippen MR) is 72.2 cm³/mol. The number of carbonyl (C=O) groups is 1. The van der Waals surface area contributed by atoms with Crippen molar-refractivity contribution in [3.63, 3.8) is 0 Å². The second kappa shape index (κ2) is 7.98. The molecule has 0 aliphatic carbocycles. The Morgan fingerprint density at radius 1 is 1.22 bits per heavy atom. The van der Waals surface area contributed by atoms with Crippen LogP contribution in [0.25, 0.3) is 0 Å². The van der Waals surface area contributed by atoms with Gasteiger partial charge in [0.05, 0.1) is 19.6 Å². The number of benzene rings is 1. The summed E-state index contributed by atoms with van der Waals surface area (Å²) in [6.45, 7) is 4.78. The van der Waals surface area contributed by atoms with E-state index in [9.17, 15) is 4.79 Å². The number of esters is 1. The Labute approximate surface area is 113 Å². The van der Waals surface area contributed by atoms with Gasteiger partial charge in [0.25, 0.3) is 0 Å². The molecule has 0 amide bonds. The summed E-state index contributed by atoms with van der Waals surface area (Å²) in [6.07, 6.45) is 0.884. The molecule has 0 aliphatic rings. The highest BCUT2D eigenvalue weighted by atomic mass is 35.5. The zero-order chi connectivity index (χ0) is 13.4. The number of halogens is 1. The Hall–Kier alpha value is -1.22. The van der Waals surface area contributed by atoms with Crippen LogP contribution in [0.1, 0.15) is 25.8 Å². The average Bonchev–Trinajstić information content (AvgIpc) is 2.32. The van der Waals surface area contributed by atoms with Crippen LogP contribution in [0, 0.1) is 0 Å². The van der Waals surface area contributed by atoms with E-state index in [4.69, 9.17) is 21.1 Å². The maximum absolute atomic E-state index is 11.3. The summed E-state index contributed by atoms with van der Waals surface area (Å²) >= 11 is 6.11. The summed E-state index contributed by atoms with van der Waals surface area (Å²) in [6, 6.07) is 7.75. The van der Waals surface area contributed by atoms with Crippen molar-refractivity contribution in [2.24, 2.45) is 0 Å². The first kappa shape index (κ1) is 14.8. The topological polar surface area (TPSA) is 35.5 Å². The van der Waals surface area contributed by atoms with Crippen LogP contribution in [0.3, 0.4) is 0 Å². The molecule has 4 heteroatoms. The van der Waals surface area contributed by atoms with E-state index in [0.29, 0.717) is 19.6 Å². The second-order valence-electron chi connectivity index (χ2n) is 3.89. The minimum atomic E-state index is -0.247. The van der Waals surface area contributed by atoms with Gasteiger partial charge in [-0.1, -0.05) is 12.1 Å². The largest absolute Gasteiger partial charge is 0.494 e. The van der Waals surface area contributed by atoms with E-state index in [-0.39, 0.29) is 17.8 Å². The zero-order valence-corrected chi connectivity index (χ0v) is 11.6. The lowest BCUT2D eigenvalue weighted by molar-refractivity contribution is -0.143. The van der Waals surface area contributed by atoms with E-state index >= 15 is 0 Å². The molecular weight excluding hydrogens is 252 g/mol. The first-order chi connectivity index (χ1) is 8.65. The van der Waals surface area contributed by atoms with Crippen molar-refractivity contribution in [2.45, 2.75) is 32.1 Å². The monoisotopic (exact) mass is 270 g/mol. The van der Waals surface area contributed by atoms with Crippen molar-refractivity contribution in [1.29, 1.82) is 0 Å². The van der Waals surface area contributed by atoms with Gasteiger partial charge in [-0.05, 0) is 38.0 Å². The quantitative estimate of drug-likeness (QED) is 0.564. The van der Waals surface area contributed by atoms with Crippen molar-refractivity contribution in [3.8, 4) is 5.75 Å². The van der Waals surface area contributed by atoms with Gasteiger partial charge in [0.1, 0.15) is 5.75 Å². The van der Waals surface area contributed by atoms with Gasteiger partial charge in [0.15, 0.2) is 0 Å². The van der Waals surface area contributed by atoms with E-state index in [1.165, 1.54) is 0 Å². The van der Waals surface area contributed by atoms with E-state index in [2.05, 4.69) is 0 Å². The summed E-state index contributed by atoms with van der Waals surface area (Å²) in [4.78, 5) is 11.3. The SMILES string of the molecule is CCOC(=O)CC(Cl)Cc1ccc(OCC)cc1. The molecule has 1 aromatic rings. The minimum Gasteiger partial charge on any atom is -0.494 e. The molecule has 0 fully saturated rings. The van der Waals surface area contributed by atoms with Crippen molar-refractivity contribution < 1.29 is 14.3 Å². The first-order valence-corrected chi connectivity index (χ1v) is 6.60. The number of alkyl halides is 1. The molecule has 0 aromatic heterocycles. The van der Waals surface area contributed by atoms with Crippen molar-refractivity contribution >= 4 is 17.6 Å². The van der Waals surface area contributed by atoms with E-state index in [0.717, 1.165) is 11.3 Å². The summed E-state index contributed by atoms with van der Waals surface area (Å²) in [5.74, 6) is 0.598. The molecule has 0 radical (unpaired) electrons. The molecule has 0 N–H and O–H groups in total.